The van der Waals surface area contributed by atoms with E-state index in [0.717, 1.165) is 68.3 Å². The third-order valence-electron chi connectivity index (χ3n) is 11.1. The average Bonchev–Trinajstić information content (AvgIpc) is 3.79. The summed E-state index contributed by atoms with van der Waals surface area (Å²) < 4.78 is 10.8. The van der Waals surface area contributed by atoms with Crippen molar-refractivity contribution in [2.75, 3.05) is 60.2 Å². The molecule has 0 bridgehead atoms. The maximum absolute atomic E-state index is 13.9. The van der Waals surface area contributed by atoms with Crippen molar-refractivity contribution in [3.63, 3.8) is 0 Å². The van der Waals surface area contributed by atoms with E-state index in [1.807, 2.05) is 26.0 Å². The summed E-state index contributed by atoms with van der Waals surface area (Å²) in [5.41, 5.74) is 6.16. The summed E-state index contributed by atoms with van der Waals surface area (Å²) in [6, 6.07) is 6.81. The molecule has 0 radical (unpaired) electrons. The first-order chi connectivity index (χ1) is 22.2. The second-order valence-electron chi connectivity index (χ2n) is 13.8. The van der Waals surface area contributed by atoms with Crippen LogP contribution in [0, 0.1) is 44.4 Å². The minimum atomic E-state index is -0.151. The quantitative estimate of drug-likeness (QED) is 0.350. The molecule has 2 aromatic rings. The molecule has 2 aliphatic carbocycles. The number of hydrogen-bond donors (Lipinski definition) is 2. The molecule has 1 aromatic carbocycles. The molecule has 8 nitrogen and oxygen atoms in total. The molecule has 5 rings (SSSR count). The summed E-state index contributed by atoms with van der Waals surface area (Å²) in [5, 5.41) is 3.09. The Hall–Kier alpha value is -2.96. The van der Waals surface area contributed by atoms with Gasteiger partial charge in [-0.05, 0) is 107 Å². The van der Waals surface area contributed by atoms with Crippen molar-refractivity contribution < 1.29 is 14.3 Å². The maximum atomic E-state index is 13.9. The average molecular weight is 631 g/mol. The van der Waals surface area contributed by atoms with Gasteiger partial charge in [0.1, 0.15) is 0 Å². The van der Waals surface area contributed by atoms with Gasteiger partial charge >= 0.3 is 0 Å². The number of amides is 1. The summed E-state index contributed by atoms with van der Waals surface area (Å²) in [6.07, 6.45) is 7.08. The van der Waals surface area contributed by atoms with Crippen molar-refractivity contribution in [1.82, 2.24) is 20.1 Å². The molecule has 0 spiro atoms. The summed E-state index contributed by atoms with van der Waals surface area (Å²) in [6.45, 7) is 14.1. The lowest BCUT2D eigenvalue weighted by molar-refractivity contribution is 0.0443. The largest absolute Gasteiger partial charge is 0.383 e. The third kappa shape index (κ3) is 7.60. The molecule has 2 heterocycles. The number of aryl methyl sites for hydroxylation is 2. The highest BCUT2D eigenvalue weighted by Gasteiger charge is 2.59. The van der Waals surface area contributed by atoms with Crippen LogP contribution in [0.2, 0.25) is 0 Å². The van der Waals surface area contributed by atoms with E-state index < -0.39 is 0 Å². The third-order valence-corrected chi connectivity index (χ3v) is 11.1. The number of carbonyl (C=O) groups excluding carboxylic acids is 1. The molecule has 8 heteroatoms. The molecule has 1 aromatic heterocycles. The van der Waals surface area contributed by atoms with Crippen LogP contribution in [0.4, 0.5) is 0 Å². The van der Waals surface area contributed by atoms with Crippen LogP contribution in [-0.2, 0) is 21.4 Å². The number of hydrogen-bond acceptors (Lipinski definition) is 6. The van der Waals surface area contributed by atoms with E-state index in [1.165, 1.54) is 37.7 Å². The molecule has 2 saturated carbocycles. The number of carbonyl (C=O) groups is 1. The maximum Gasteiger partial charge on any atom is 0.253 e. The van der Waals surface area contributed by atoms with Gasteiger partial charge in [-0.15, -0.1) is 0 Å². The monoisotopic (exact) mass is 630 g/mol. The van der Waals surface area contributed by atoms with Gasteiger partial charge in [0.2, 0.25) is 0 Å². The Labute approximate surface area is 275 Å². The number of likely N-dealkylation sites (N-methyl/N-ethyl adjacent to an activating group) is 1. The predicted octanol–water partition coefficient (Wildman–Crippen LogP) is 4.72. The molecule has 1 saturated heterocycles. The van der Waals surface area contributed by atoms with E-state index in [9.17, 15) is 9.59 Å². The Morgan fingerprint density at radius 3 is 2.54 bits per heavy atom. The molecule has 1 amide bonds. The van der Waals surface area contributed by atoms with Gasteiger partial charge in [0.25, 0.3) is 11.5 Å². The molecule has 250 valence electrons. The number of nitrogens with zero attached hydrogens (tertiary/aromatic N) is 2. The fraction of sp³-hybridized carbons (Fsp3) is 0.632. The summed E-state index contributed by atoms with van der Waals surface area (Å²) >= 11 is 0. The number of pyridine rings is 1. The van der Waals surface area contributed by atoms with Crippen LogP contribution in [0.3, 0.4) is 0 Å². The number of ether oxygens (including phenoxy) is 2. The van der Waals surface area contributed by atoms with Crippen molar-refractivity contribution >= 4 is 5.91 Å². The molecule has 2 unspecified atom stereocenters. The van der Waals surface area contributed by atoms with E-state index in [-0.39, 0.29) is 23.4 Å². The highest BCUT2D eigenvalue weighted by Crippen LogP contribution is 2.64. The minimum Gasteiger partial charge on any atom is -0.383 e. The van der Waals surface area contributed by atoms with Gasteiger partial charge in [0.15, 0.2) is 0 Å². The van der Waals surface area contributed by atoms with Gasteiger partial charge in [-0.3, -0.25) is 14.5 Å². The van der Waals surface area contributed by atoms with Gasteiger partial charge < -0.3 is 24.7 Å². The molecular weight excluding hydrogens is 576 g/mol. The summed E-state index contributed by atoms with van der Waals surface area (Å²) in [5.74, 6) is 7.89. The van der Waals surface area contributed by atoms with Crippen LogP contribution >= 0.6 is 0 Å². The standard InChI is InChI=1S/C38H54N4O4/c1-7-30-24-38(30,31-10-12-32(13-11-31)41(5)15-18-45-6)35-23-29(9-8-14-42-16-19-46-20-17-42)22-33(28(35)4)36(43)39-25-34-26(2)21-27(3)40-37(34)44/h21-23,30-32H,7,10-20,24-25H2,1-6H3,(H,39,43)(H,40,44). The first kappa shape index (κ1) is 34.4. The first-order valence-corrected chi connectivity index (χ1v) is 17.3. The van der Waals surface area contributed by atoms with E-state index in [4.69, 9.17) is 9.47 Å². The van der Waals surface area contributed by atoms with Crippen molar-refractivity contribution in [2.24, 2.45) is 11.8 Å². The number of aromatic nitrogens is 1. The van der Waals surface area contributed by atoms with Crippen LogP contribution in [0.15, 0.2) is 23.0 Å². The zero-order chi connectivity index (χ0) is 32.8. The van der Waals surface area contributed by atoms with Gasteiger partial charge in [-0.2, -0.15) is 0 Å². The van der Waals surface area contributed by atoms with Crippen molar-refractivity contribution in [1.29, 1.82) is 0 Å². The Bertz CT molecular complexity index is 1490. The smallest absolute Gasteiger partial charge is 0.253 e. The molecule has 2 atom stereocenters. The number of nitrogens with one attached hydrogen (secondary N) is 2. The van der Waals surface area contributed by atoms with Gasteiger partial charge in [0.05, 0.1) is 26.4 Å². The first-order valence-electron chi connectivity index (χ1n) is 17.3. The number of aromatic amines is 1. The van der Waals surface area contributed by atoms with Gasteiger partial charge in [0, 0.05) is 67.1 Å². The van der Waals surface area contributed by atoms with Gasteiger partial charge in [-0.1, -0.05) is 25.2 Å². The molecule has 3 aliphatic rings. The second kappa shape index (κ2) is 15.3. The van der Waals surface area contributed by atoms with Crippen molar-refractivity contribution in [2.45, 2.75) is 84.2 Å². The Morgan fingerprint density at radius 2 is 1.89 bits per heavy atom. The normalized spacial score (nSPS) is 24.8. The van der Waals surface area contributed by atoms with Crippen molar-refractivity contribution in [3.8, 4) is 11.8 Å². The number of benzene rings is 1. The highest BCUT2D eigenvalue weighted by molar-refractivity contribution is 5.96. The lowest BCUT2D eigenvalue weighted by Gasteiger charge is -2.39. The van der Waals surface area contributed by atoms with Crippen LogP contribution < -0.4 is 10.9 Å². The topological polar surface area (TPSA) is 86.9 Å². The molecule has 1 aliphatic heterocycles. The van der Waals surface area contributed by atoms with E-state index in [0.29, 0.717) is 35.5 Å². The number of rotatable bonds is 11. The Balaban J connectivity index is 1.44. The number of morpholine rings is 1. The minimum absolute atomic E-state index is 0.0799. The zero-order valence-corrected chi connectivity index (χ0v) is 28.9. The molecule has 2 N–H and O–H groups in total. The van der Waals surface area contributed by atoms with Crippen LogP contribution in [0.1, 0.15) is 89.3 Å². The SMILES string of the molecule is CCC1CC1(c1cc(C#CCN2CCOCC2)cc(C(=O)NCc2c(C)cc(C)[nH]c2=O)c1C)C1CCC(N(C)CCOC)CC1. The fourth-order valence-electron chi connectivity index (χ4n) is 8.24. The number of methoxy groups -OCH3 is 1. The van der Waals surface area contributed by atoms with Crippen LogP contribution in [0.5, 0.6) is 0 Å². The Morgan fingerprint density at radius 1 is 1.15 bits per heavy atom. The molecule has 46 heavy (non-hydrogen) atoms. The second-order valence-corrected chi connectivity index (χ2v) is 13.8. The summed E-state index contributed by atoms with van der Waals surface area (Å²) in [7, 11) is 4.00. The highest BCUT2D eigenvalue weighted by atomic mass is 16.5. The van der Waals surface area contributed by atoms with E-state index in [1.54, 1.807) is 7.11 Å². The van der Waals surface area contributed by atoms with Crippen LogP contribution in [-0.4, -0.2) is 86.9 Å². The zero-order valence-electron chi connectivity index (χ0n) is 28.9. The number of H-pyrrole nitrogens is 1. The van der Waals surface area contributed by atoms with Crippen LogP contribution in [0.25, 0.3) is 0 Å². The lowest BCUT2D eigenvalue weighted by Crippen LogP contribution is -2.39. The summed E-state index contributed by atoms with van der Waals surface area (Å²) in [4.78, 5) is 34.3. The molecule has 3 fully saturated rings. The molecular formula is C38H54N4O4. The van der Waals surface area contributed by atoms with E-state index >= 15 is 0 Å². The van der Waals surface area contributed by atoms with Gasteiger partial charge in [-0.25, -0.2) is 0 Å². The lowest BCUT2D eigenvalue weighted by atomic mass is 9.69. The Kier molecular flexibility index (Phi) is 11.4. The van der Waals surface area contributed by atoms with Crippen molar-refractivity contribution in [3.05, 3.63) is 67.6 Å². The van der Waals surface area contributed by atoms with E-state index in [2.05, 4.69) is 58.9 Å². The predicted molar refractivity (Wildman–Crippen MR) is 183 cm³/mol. The fourth-order valence-corrected chi connectivity index (χ4v) is 8.24.